The summed E-state index contributed by atoms with van der Waals surface area (Å²) in [7, 11) is 3.26. The Kier molecular flexibility index (Phi) is 4.42. The Bertz CT molecular complexity index is 751. The summed E-state index contributed by atoms with van der Waals surface area (Å²) in [6.45, 7) is 0. The van der Waals surface area contributed by atoms with Crippen molar-refractivity contribution in [1.82, 2.24) is 0 Å². The maximum Gasteiger partial charge on any atom is 0.210 e. The van der Waals surface area contributed by atoms with Crippen molar-refractivity contribution in [2.45, 2.75) is 19.3 Å². The van der Waals surface area contributed by atoms with E-state index in [2.05, 4.69) is 4.99 Å². The summed E-state index contributed by atoms with van der Waals surface area (Å²) in [6.07, 6.45) is 2.15. The van der Waals surface area contributed by atoms with Gasteiger partial charge in [-0.05, 0) is 12.5 Å². The van der Waals surface area contributed by atoms with E-state index in [-0.39, 0.29) is 5.78 Å². The molecule has 0 saturated carbocycles. The van der Waals surface area contributed by atoms with E-state index >= 15 is 0 Å². The summed E-state index contributed by atoms with van der Waals surface area (Å²) in [6, 6.07) is 13.3. The van der Waals surface area contributed by atoms with Gasteiger partial charge in [0.25, 0.3) is 0 Å². The van der Waals surface area contributed by atoms with Crippen molar-refractivity contribution in [2.24, 2.45) is 0 Å². The number of aryl methyl sites for hydroxylation is 1. The molecule has 0 amide bonds. The van der Waals surface area contributed by atoms with Gasteiger partial charge in [-0.15, -0.1) is 0 Å². The molecule has 0 saturated heterocycles. The molecular weight excluding hydrogens is 290 g/mol. The first kappa shape index (κ1) is 15.3. The highest BCUT2D eigenvalue weighted by Gasteiger charge is 2.23. The van der Waals surface area contributed by atoms with Crippen molar-refractivity contribution in [1.29, 1.82) is 0 Å². The number of benzene rings is 2. The number of ketones is 1. The molecule has 0 fully saturated rings. The van der Waals surface area contributed by atoms with E-state index in [1.807, 2.05) is 42.5 Å². The Hall–Kier alpha value is -2.62. The van der Waals surface area contributed by atoms with E-state index in [1.54, 1.807) is 14.2 Å². The van der Waals surface area contributed by atoms with Crippen LogP contribution in [0.25, 0.3) is 0 Å². The van der Waals surface area contributed by atoms with Crippen LogP contribution in [0.3, 0.4) is 0 Å². The van der Waals surface area contributed by atoms with Gasteiger partial charge in [-0.2, -0.15) is 0 Å². The van der Waals surface area contributed by atoms with Crippen molar-refractivity contribution < 1.29 is 19.3 Å². The second kappa shape index (κ2) is 6.65. The summed E-state index contributed by atoms with van der Waals surface area (Å²) in [4.78, 5) is 15.7. The first-order valence-corrected chi connectivity index (χ1v) is 7.66. The van der Waals surface area contributed by atoms with Crippen LogP contribution in [-0.2, 0) is 6.42 Å². The van der Waals surface area contributed by atoms with Gasteiger partial charge < -0.3 is 9.47 Å². The molecule has 2 aromatic carbocycles. The van der Waals surface area contributed by atoms with Crippen LogP contribution in [0.2, 0.25) is 0 Å². The fraction of sp³-hybridized carbons (Fsp3) is 0.263. The largest absolute Gasteiger partial charge is 0.493 e. The number of carbonyl (C=O) groups is 1. The molecule has 1 heterocycles. The van der Waals surface area contributed by atoms with Crippen LogP contribution in [0.1, 0.15) is 28.8 Å². The zero-order valence-electron chi connectivity index (χ0n) is 13.4. The van der Waals surface area contributed by atoms with Gasteiger partial charge in [0, 0.05) is 17.5 Å². The van der Waals surface area contributed by atoms with Gasteiger partial charge in [-0.25, -0.2) is 4.99 Å². The van der Waals surface area contributed by atoms with E-state index in [4.69, 9.17) is 9.47 Å². The molecule has 1 N–H and O–H groups in total. The van der Waals surface area contributed by atoms with Gasteiger partial charge in [0.2, 0.25) is 5.69 Å². The highest BCUT2D eigenvalue weighted by molar-refractivity contribution is 6.08. The molecule has 0 bridgehead atoms. The number of hydrogen-bond donors (Lipinski definition) is 1. The maximum absolute atomic E-state index is 12.3. The number of methoxy groups -OCH3 is 2. The molecule has 4 heteroatoms. The predicted molar refractivity (Wildman–Crippen MR) is 88.9 cm³/mol. The van der Waals surface area contributed by atoms with E-state index in [0.717, 1.165) is 35.6 Å². The average Bonchev–Trinajstić information content (AvgIpc) is 2.61. The van der Waals surface area contributed by atoms with Crippen LogP contribution in [0, 0.1) is 0 Å². The van der Waals surface area contributed by atoms with Crippen molar-refractivity contribution >= 4 is 17.2 Å². The average molecular weight is 310 g/mol. The Morgan fingerprint density at radius 3 is 2.43 bits per heavy atom. The van der Waals surface area contributed by atoms with Crippen LogP contribution in [0.5, 0.6) is 11.5 Å². The van der Waals surface area contributed by atoms with Gasteiger partial charge in [0.1, 0.15) is 0 Å². The lowest BCUT2D eigenvalue weighted by Crippen LogP contribution is -2.68. The number of Topliss-reactive ketones (excluding diaryl/α,β-unsaturated/α-hetero) is 1. The van der Waals surface area contributed by atoms with Gasteiger partial charge in [0.05, 0.1) is 26.7 Å². The molecule has 1 aliphatic heterocycles. The summed E-state index contributed by atoms with van der Waals surface area (Å²) in [5, 5.41) is 0. The molecule has 3 rings (SSSR count). The zero-order valence-corrected chi connectivity index (χ0v) is 13.4. The van der Waals surface area contributed by atoms with E-state index in [1.165, 1.54) is 5.56 Å². The monoisotopic (exact) mass is 310 g/mol. The minimum Gasteiger partial charge on any atom is -0.493 e. The van der Waals surface area contributed by atoms with Gasteiger partial charge >= 0.3 is 0 Å². The van der Waals surface area contributed by atoms with Crippen LogP contribution < -0.4 is 14.5 Å². The van der Waals surface area contributed by atoms with E-state index < -0.39 is 0 Å². The Morgan fingerprint density at radius 1 is 1.04 bits per heavy atom. The first-order valence-electron chi connectivity index (χ1n) is 7.66. The molecule has 0 radical (unpaired) electrons. The number of carbonyl (C=O) groups excluding carboxylic acids is 1. The van der Waals surface area contributed by atoms with Gasteiger partial charge in [0.15, 0.2) is 23.0 Å². The van der Waals surface area contributed by atoms with E-state index in [0.29, 0.717) is 12.2 Å². The standard InChI is InChI=1S/C19H19NO3/c1-22-18-10-14-8-9-15(20-16(14)12-19(18)23-2)11-17(21)13-6-4-3-5-7-13/h3-7,10,12H,8-9,11H2,1-2H3/p+1. The third kappa shape index (κ3) is 3.26. The number of rotatable bonds is 5. The molecule has 1 aliphatic rings. The normalized spacial score (nSPS) is 13.0. The molecule has 0 spiro atoms. The Balaban J connectivity index is 1.84. The number of nitrogens with one attached hydrogen (secondary N) is 1. The molecular formula is C19H20NO3+. The second-order valence-electron chi connectivity index (χ2n) is 5.56. The topological polar surface area (TPSA) is 49.5 Å². The molecule has 23 heavy (non-hydrogen) atoms. The minimum absolute atomic E-state index is 0.136. The molecule has 118 valence electrons. The highest BCUT2D eigenvalue weighted by atomic mass is 16.5. The minimum atomic E-state index is 0.136. The zero-order chi connectivity index (χ0) is 16.2. The van der Waals surface area contributed by atoms with Crippen molar-refractivity contribution in [2.75, 3.05) is 14.2 Å². The van der Waals surface area contributed by atoms with Crippen LogP contribution in [0.15, 0.2) is 42.5 Å². The summed E-state index contributed by atoms with van der Waals surface area (Å²) in [5.41, 5.74) is 3.96. The summed E-state index contributed by atoms with van der Waals surface area (Å²) >= 11 is 0. The summed E-state index contributed by atoms with van der Waals surface area (Å²) in [5.74, 6) is 1.56. The number of hydrogen-bond acceptors (Lipinski definition) is 3. The lowest BCUT2D eigenvalue weighted by Gasteiger charge is -2.13. The third-order valence-electron chi connectivity index (χ3n) is 4.09. The van der Waals surface area contributed by atoms with Crippen LogP contribution in [-0.4, -0.2) is 25.7 Å². The van der Waals surface area contributed by atoms with Gasteiger partial charge in [-0.3, -0.25) is 4.79 Å². The molecule has 0 aliphatic carbocycles. The summed E-state index contributed by atoms with van der Waals surface area (Å²) < 4.78 is 10.7. The van der Waals surface area contributed by atoms with Crippen molar-refractivity contribution in [3.05, 3.63) is 53.6 Å². The lowest BCUT2D eigenvalue weighted by atomic mass is 9.96. The molecule has 0 unspecified atom stereocenters. The maximum atomic E-state index is 12.3. The van der Waals surface area contributed by atoms with Crippen molar-refractivity contribution in [3.8, 4) is 11.5 Å². The fourth-order valence-electron chi connectivity index (χ4n) is 2.84. The smallest absolute Gasteiger partial charge is 0.210 e. The molecule has 0 aromatic heterocycles. The SMILES string of the molecule is COc1cc2c(cc1OC)[NH+]=C(CC(=O)c1ccccc1)CC2. The predicted octanol–water partition coefficient (Wildman–Crippen LogP) is 2.08. The number of fused-ring (bicyclic) bond motifs is 1. The Labute approximate surface area is 135 Å². The van der Waals surface area contributed by atoms with Crippen LogP contribution in [0.4, 0.5) is 5.69 Å². The third-order valence-corrected chi connectivity index (χ3v) is 4.09. The second-order valence-corrected chi connectivity index (χ2v) is 5.56. The molecule has 4 nitrogen and oxygen atoms in total. The van der Waals surface area contributed by atoms with E-state index in [9.17, 15) is 4.79 Å². The van der Waals surface area contributed by atoms with Crippen LogP contribution >= 0.6 is 0 Å². The fourth-order valence-corrected chi connectivity index (χ4v) is 2.84. The first-order chi connectivity index (χ1) is 11.2. The molecule has 2 aromatic rings. The quantitative estimate of drug-likeness (QED) is 0.860. The van der Waals surface area contributed by atoms with Gasteiger partial charge in [-0.1, -0.05) is 30.3 Å². The molecule has 0 atom stereocenters. The lowest BCUT2D eigenvalue weighted by molar-refractivity contribution is -0.359. The Morgan fingerprint density at radius 2 is 1.74 bits per heavy atom. The highest BCUT2D eigenvalue weighted by Crippen LogP contribution is 2.32. The van der Waals surface area contributed by atoms with Crippen molar-refractivity contribution in [3.63, 3.8) is 0 Å². The number of ether oxygens (including phenoxy) is 2.